The van der Waals surface area contributed by atoms with E-state index >= 15 is 0 Å². The minimum atomic E-state index is -4.56. The van der Waals surface area contributed by atoms with Gasteiger partial charge in [0.1, 0.15) is 17.8 Å². The van der Waals surface area contributed by atoms with Crippen molar-refractivity contribution in [2.24, 2.45) is 13.0 Å². The predicted octanol–water partition coefficient (Wildman–Crippen LogP) is 5.61. The third-order valence-corrected chi connectivity index (χ3v) is 6.08. The van der Waals surface area contributed by atoms with Crippen LogP contribution in [0.3, 0.4) is 0 Å². The zero-order valence-corrected chi connectivity index (χ0v) is 16.0. The fraction of sp³-hybridized carbons (Fsp3) is 0.409. The van der Waals surface area contributed by atoms with Crippen LogP contribution in [0.2, 0.25) is 0 Å². The van der Waals surface area contributed by atoms with Gasteiger partial charge in [0.15, 0.2) is 0 Å². The average Bonchev–Trinajstić information content (AvgIpc) is 3.02. The van der Waals surface area contributed by atoms with E-state index in [9.17, 15) is 22.4 Å². The summed E-state index contributed by atoms with van der Waals surface area (Å²) in [6.45, 7) is -0.0385. The SMILES string of the molecule is Cn1c(C2CCC(C=O)CC2)cc2cc(N3CC=CC=C3C(F)(F)F)c(F)cc21. The standard InChI is InChI=1S/C22H22F4N2O/c1-27-18(15-7-5-14(13-29)6-8-15)10-16-11-20(17(23)12-19(16)27)28-9-3-2-4-21(28)22(24,25)26/h2-4,10-15H,5-9H2,1H3. The Bertz CT molecular complexity index is 994. The number of hydrogen-bond acceptors (Lipinski definition) is 2. The van der Waals surface area contributed by atoms with Gasteiger partial charge in [-0.3, -0.25) is 0 Å². The molecule has 1 aromatic carbocycles. The molecule has 0 radical (unpaired) electrons. The number of anilines is 1. The largest absolute Gasteiger partial charge is 0.431 e. The lowest BCUT2D eigenvalue weighted by atomic mass is 9.81. The predicted molar refractivity (Wildman–Crippen MR) is 104 cm³/mol. The maximum absolute atomic E-state index is 14.9. The van der Waals surface area contributed by atoms with Gasteiger partial charge in [-0.25, -0.2) is 4.39 Å². The van der Waals surface area contributed by atoms with Crippen LogP contribution < -0.4 is 4.90 Å². The van der Waals surface area contributed by atoms with Crippen LogP contribution in [0, 0.1) is 11.7 Å². The molecule has 7 heteroatoms. The first-order valence-corrected chi connectivity index (χ1v) is 9.75. The van der Waals surface area contributed by atoms with E-state index in [-0.39, 0.29) is 24.1 Å². The van der Waals surface area contributed by atoms with Crippen molar-refractivity contribution in [2.45, 2.75) is 37.8 Å². The fourth-order valence-electron chi connectivity index (χ4n) is 4.51. The molecule has 2 aromatic rings. The summed E-state index contributed by atoms with van der Waals surface area (Å²) in [5, 5.41) is 0.715. The molecule has 0 atom stereocenters. The minimum absolute atomic E-state index is 0.0385. The molecule has 1 saturated carbocycles. The highest BCUT2D eigenvalue weighted by Gasteiger charge is 2.39. The van der Waals surface area contributed by atoms with E-state index in [1.54, 1.807) is 6.08 Å². The van der Waals surface area contributed by atoms with E-state index in [0.717, 1.165) is 48.6 Å². The van der Waals surface area contributed by atoms with Gasteiger partial charge in [-0.05, 0) is 49.8 Å². The number of carbonyl (C=O) groups is 1. The van der Waals surface area contributed by atoms with Gasteiger partial charge in [-0.1, -0.05) is 12.2 Å². The molecule has 154 valence electrons. The van der Waals surface area contributed by atoms with Crippen molar-refractivity contribution in [3.05, 3.63) is 53.6 Å². The van der Waals surface area contributed by atoms with Crippen LogP contribution in [0.1, 0.15) is 37.3 Å². The van der Waals surface area contributed by atoms with Crippen molar-refractivity contribution in [1.82, 2.24) is 4.57 Å². The van der Waals surface area contributed by atoms with Gasteiger partial charge in [0, 0.05) is 36.7 Å². The summed E-state index contributed by atoms with van der Waals surface area (Å²) in [7, 11) is 1.85. The Morgan fingerprint density at radius 1 is 1.10 bits per heavy atom. The Morgan fingerprint density at radius 3 is 2.48 bits per heavy atom. The molecule has 2 aliphatic rings. The van der Waals surface area contributed by atoms with Crippen LogP contribution in [-0.4, -0.2) is 23.6 Å². The number of rotatable bonds is 3. The number of allylic oxidation sites excluding steroid dienone is 3. The monoisotopic (exact) mass is 406 g/mol. The Hall–Kier alpha value is -2.57. The van der Waals surface area contributed by atoms with Gasteiger partial charge in [0.2, 0.25) is 0 Å². The highest BCUT2D eigenvalue weighted by atomic mass is 19.4. The van der Waals surface area contributed by atoms with Crippen molar-refractivity contribution < 1.29 is 22.4 Å². The summed E-state index contributed by atoms with van der Waals surface area (Å²) in [5.41, 5.74) is 0.740. The smallest absolute Gasteiger partial charge is 0.347 e. The molecule has 4 rings (SSSR count). The molecule has 0 bridgehead atoms. The Balaban J connectivity index is 1.72. The normalized spacial score (nSPS) is 22.8. The molecule has 2 heterocycles. The van der Waals surface area contributed by atoms with Crippen LogP contribution >= 0.6 is 0 Å². The molecule has 1 aliphatic heterocycles. The van der Waals surface area contributed by atoms with Crippen molar-refractivity contribution in [1.29, 1.82) is 0 Å². The Morgan fingerprint density at radius 2 is 1.83 bits per heavy atom. The molecule has 1 fully saturated rings. The first-order valence-electron chi connectivity index (χ1n) is 9.75. The van der Waals surface area contributed by atoms with Gasteiger partial charge in [0.25, 0.3) is 0 Å². The van der Waals surface area contributed by atoms with Crippen molar-refractivity contribution in [2.75, 3.05) is 11.4 Å². The third-order valence-electron chi connectivity index (χ3n) is 6.08. The van der Waals surface area contributed by atoms with E-state index in [1.807, 2.05) is 17.7 Å². The van der Waals surface area contributed by atoms with Crippen molar-refractivity contribution in [3.63, 3.8) is 0 Å². The lowest BCUT2D eigenvalue weighted by Gasteiger charge is -2.29. The number of alkyl halides is 3. The first kappa shape index (κ1) is 19.7. The molecule has 3 nitrogen and oxygen atoms in total. The van der Waals surface area contributed by atoms with Crippen LogP contribution in [-0.2, 0) is 11.8 Å². The van der Waals surface area contributed by atoms with E-state index in [0.29, 0.717) is 10.9 Å². The number of aromatic nitrogens is 1. The van der Waals surface area contributed by atoms with Gasteiger partial charge in [0.05, 0.1) is 11.2 Å². The molecule has 0 spiro atoms. The number of hydrogen-bond donors (Lipinski definition) is 0. The lowest BCUT2D eigenvalue weighted by Crippen LogP contribution is -2.34. The van der Waals surface area contributed by atoms with Crippen LogP contribution in [0.4, 0.5) is 23.2 Å². The molecular weight excluding hydrogens is 384 g/mol. The van der Waals surface area contributed by atoms with Crippen LogP contribution in [0.5, 0.6) is 0 Å². The number of benzene rings is 1. The zero-order valence-electron chi connectivity index (χ0n) is 16.0. The number of nitrogens with zero attached hydrogens (tertiary/aromatic N) is 2. The maximum Gasteiger partial charge on any atom is 0.431 e. The van der Waals surface area contributed by atoms with Crippen LogP contribution in [0.15, 0.2) is 42.1 Å². The molecular formula is C22H22F4N2O. The third kappa shape index (κ3) is 3.58. The van der Waals surface area contributed by atoms with Crippen molar-refractivity contribution >= 4 is 22.9 Å². The summed E-state index contributed by atoms with van der Waals surface area (Å²) >= 11 is 0. The first-order chi connectivity index (χ1) is 13.8. The molecule has 1 aliphatic carbocycles. The Labute approximate surface area is 166 Å². The van der Waals surface area contributed by atoms with Gasteiger partial charge < -0.3 is 14.3 Å². The number of aldehydes is 1. The quantitative estimate of drug-likeness (QED) is 0.489. The second kappa shape index (κ2) is 7.35. The Kier molecular flexibility index (Phi) is 5.00. The van der Waals surface area contributed by atoms with Gasteiger partial charge >= 0.3 is 6.18 Å². The lowest BCUT2D eigenvalue weighted by molar-refractivity contribution is -0.112. The molecule has 1 aromatic heterocycles. The summed E-state index contributed by atoms with van der Waals surface area (Å²) in [5.74, 6) is -0.316. The van der Waals surface area contributed by atoms with E-state index < -0.39 is 17.7 Å². The van der Waals surface area contributed by atoms with Crippen molar-refractivity contribution in [3.8, 4) is 0 Å². The van der Waals surface area contributed by atoms with E-state index in [4.69, 9.17) is 0 Å². The fourth-order valence-corrected chi connectivity index (χ4v) is 4.51. The highest BCUT2D eigenvalue weighted by Crippen LogP contribution is 2.40. The van der Waals surface area contributed by atoms with E-state index in [1.165, 1.54) is 18.2 Å². The molecule has 0 unspecified atom stereocenters. The van der Waals surface area contributed by atoms with Gasteiger partial charge in [-0.15, -0.1) is 0 Å². The molecule has 0 N–H and O–H groups in total. The second-order valence-corrected chi connectivity index (χ2v) is 7.83. The van der Waals surface area contributed by atoms with E-state index in [2.05, 4.69) is 0 Å². The average molecular weight is 406 g/mol. The second-order valence-electron chi connectivity index (χ2n) is 7.83. The topological polar surface area (TPSA) is 25.2 Å². The van der Waals surface area contributed by atoms with Crippen LogP contribution in [0.25, 0.3) is 10.9 Å². The number of fused-ring (bicyclic) bond motifs is 1. The minimum Gasteiger partial charge on any atom is -0.347 e. The zero-order chi connectivity index (χ0) is 20.8. The number of aryl methyl sites for hydroxylation is 1. The molecule has 29 heavy (non-hydrogen) atoms. The molecule has 0 saturated heterocycles. The summed E-state index contributed by atoms with van der Waals surface area (Å²) in [6, 6.07) is 4.77. The summed E-state index contributed by atoms with van der Waals surface area (Å²) in [6.07, 6.45) is 3.73. The number of carbonyl (C=O) groups excluding carboxylic acids is 1. The summed E-state index contributed by atoms with van der Waals surface area (Å²) in [4.78, 5) is 12.0. The van der Waals surface area contributed by atoms with Gasteiger partial charge in [-0.2, -0.15) is 13.2 Å². The number of halogens is 4. The highest BCUT2D eigenvalue weighted by molar-refractivity contribution is 5.86. The summed E-state index contributed by atoms with van der Waals surface area (Å²) < 4.78 is 57.0. The molecule has 0 amide bonds. The maximum atomic E-state index is 14.9.